The lowest BCUT2D eigenvalue weighted by atomic mass is 9.66. The van der Waals surface area contributed by atoms with Crippen molar-refractivity contribution in [2.75, 3.05) is 0 Å². The summed E-state index contributed by atoms with van der Waals surface area (Å²) in [6.45, 7) is 0. The Morgan fingerprint density at radius 2 is 2.00 bits per heavy atom. The van der Waals surface area contributed by atoms with Crippen molar-refractivity contribution in [1.29, 1.82) is 0 Å². The monoisotopic (exact) mass is 291 g/mol. The highest BCUT2D eigenvalue weighted by Crippen LogP contribution is 2.44. The molecule has 1 aromatic carbocycles. The molecule has 0 aliphatic heterocycles. The molecule has 2 aliphatic carbocycles. The summed E-state index contributed by atoms with van der Waals surface area (Å²) in [5.41, 5.74) is 9.26. The molecule has 1 nitrogen and oxygen atoms in total. The molecule has 1 fully saturated rings. The molecule has 0 bridgehead atoms. The largest absolute Gasteiger partial charge is 0.328 e. The summed E-state index contributed by atoms with van der Waals surface area (Å²) in [4.78, 5) is 0. The maximum Gasteiger partial charge on any atom is 0.0250 e. The van der Waals surface area contributed by atoms with E-state index < -0.39 is 0 Å². The van der Waals surface area contributed by atoms with Crippen LogP contribution in [0.3, 0.4) is 0 Å². The molecule has 1 saturated carbocycles. The van der Waals surface area contributed by atoms with Gasteiger partial charge in [-0.25, -0.2) is 0 Å². The van der Waals surface area contributed by atoms with Gasteiger partial charge in [0.15, 0.2) is 0 Å². The van der Waals surface area contributed by atoms with Gasteiger partial charge in [0.05, 0.1) is 0 Å². The highest BCUT2D eigenvalue weighted by molar-refractivity contribution is 9.10. The van der Waals surface area contributed by atoms with Gasteiger partial charge in [-0.05, 0) is 54.7 Å². The molecule has 0 aromatic heterocycles. The van der Waals surface area contributed by atoms with Gasteiger partial charge >= 0.3 is 0 Å². The molecule has 1 aromatic rings. The molecular formula is C15H18BrN. The van der Waals surface area contributed by atoms with Crippen molar-refractivity contribution in [2.24, 2.45) is 11.1 Å². The third-order valence-corrected chi connectivity index (χ3v) is 5.01. The Labute approximate surface area is 111 Å². The molecule has 0 heterocycles. The van der Waals surface area contributed by atoms with Gasteiger partial charge in [-0.3, -0.25) is 0 Å². The van der Waals surface area contributed by atoms with E-state index in [4.69, 9.17) is 5.73 Å². The van der Waals surface area contributed by atoms with Crippen molar-refractivity contribution < 1.29 is 0 Å². The fourth-order valence-electron chi connectivity index (χ4n) is 3.18. The fourth-order valence-corrected chi connectivity index (χ4v) is 3.72. The molecule has 0 amide bonds. The van der Waals surface area contributed by atoms with Crippen molar-refractivity contribution in [3.8, 4) is 0 Å². The molecule has 2 heteroatoms. The predicted octanol–water partition coefficient (Wildman–Crippen LogP) is 3.91. The van der Waals surface area contributed by atoms with Crippen LogP contribution in [0.5, 0.6) is 0 Å². The van der Waals surface area contributed by atoms with E-state index in [9.17, 15) is 0 Å². The smallest absolute Gasteiger partial charge is 0.0250 e. The van der Waals surface area contributed by atoms with Crippen LogP contribution in [-0.4, -0.2) is 6.04 Å². The van der Waals surface area contributed by atoms with Crippen molar-refractivity contribution in [2.45, 2.75) is 38.1 Å². The first-order chi connectivity index (χ1) is 8.19. The number of hydrogen-bond donors (Lipinski definition) is 1. The van der Waals surface area contributed by atoms with E-state index in [2.05, 4.69) is 46.3 Å². The average Bonchev–Trinajstić information content (AvgIpc) is 2.34. The topological polar surface area (TPSA) is 26.0 Å². The van der Waals surface area contributed by atoms with Gasteiger partial charge in [0, 0.05) is 10.5 Å². The maximum absolute atomic E-state index is 6.01. The number of fused-ring (bicyclic) bond motifs is 1. The molecule has 3 rings (SSSR count). The highest BCUT2D eigenvalue weighted by atomic mass is 79.9. The van der Waals surface area contributed by atoms with E-state index in [1.165, 1.54) is 47.7 Å². The van der Waals surface area contributed by atoms with Crippen LogP contribution in [0.1, 0.15) is 36.8 Å². The summed E-state index contributed by atoms with van der Waals surface area (Å²) >= 11 is 3.63. The van der Waals surface area contributed by atoms with Crippen molar-refractivity contribution in [1.82, 2.24) is 0 Å². The Balaban J connectivity index is 1.91. The van der Waals surface area contributed by atoms with Gasteiger partial charge in [-0.15, -0.1) is 0 Å². The van der Waals surface area contributed by atoms with Gasteiger partial charge in [0.25, 0.3) is 0 Å². The first kappa shape index (κ1) is 11.5. The molecule has 0 atom stereocenters. The Morgan fingerprint density at radius 1 is 1.24 bits per heavy atom. The van der Waals surface area contributed by atoms with Gasteiger partial charge < -0.3 is 5.73 Å². The Hall–Kier alpha value is -0.600. The summed E-state index contributed by atoms with van der Waals surface area (Å²) in [5, 5.41) is 0. The number of halogens is 1. The molecule has 17 heavy (non-hydrogen) atoms. The quantitative estimate of drug-likeness (QED) is 0.771. The van der Waals surface area contributed by atoms with Crippen LogP contribution in [0, 0.1) is 5.41 Å². The maximum atomic E-state index is 6.01. The SMILES string of the molecule is NC1CCC2(C=Cc3c(Br)cccc3C2)CC1. The Bertz CT molecular complexity index is 456. The average molecular weight is 292 g/mol. The summed E-state index contributed by atoms with van der Waals surface area (Å²) in [6.07, 6.45) is 10.8. The first-order valence-electron chi connectivity index (χ1n) is 6.41. The molecule has 90 valence electrons. The van der Waals surface area contributed by atoms with Gasteiger partial charge in [0.2, 0.25) is 0 Å². The van der Waals surface area contributed by atoms with Gasteiger partial charge in [-0.1, -0.05) is 40.2 Å². The standard InChI is InChI=1S/C15H18BrN/c16-14-3-1-2-11-10-15(9-6-13(11)14)7-4-12(17)5-8-15/h1-3,6,9,12H,4-5,7-8,10,17H2. The van der Waals surface area contributed by atoms with E-state index in [1.807, 2.05) is 0 Å². The lowest BCUT2D eigenvalue weighted by Gasteiger charge is -2.39. The number of allylic oxidation sites excluding steroid dienone is 1. The van der Waals surface area contributed by atoms with E-state index in [-0.39, 0.29) is 0 Å². The lowest BCUT2D eigenvalue weighted by Crippen LogP contribution is -2.35. The predicted molar refractivity (Wildman–Crippen MR) is 75.8 cm³/mol. The Kier molecular flexibility index (Phi) is 2.87. The van der Waals surface area contributed by atoms with E-state index in [0.29, 0.717) is 11.5 Å². The third-order valence-electron chi connectivity index (χ3n) is 4.32. The first-order valence-corrected chi connectivity index (χ1v) is 7.20. The van der Waals surface area contributed by atoms with Crippen molar-refractivity contribution in [3.05, 3.63) is 39.9 Å². The summed E-state index contributed by atoms with van der Waals surface area (Å²) < 4.78 is 1.22. The Morgan fingerprint density at radius 3 is 2.76 bits per heavy atom. The zero-order chi connectivity index (χ0) is 11.9. The fraction of sp³-hybridized carbons (Fsp3) is 0.467. The zero-order valence-electron chi connectivity index (χ0n) is 9.95. The van der Waals surface area contributed by atoms with Crippen LogP contribution in [0.15, 0.2) is 28.7 Å². The number of hydrogen-bond acceptors (Lipinski definition) is 1. The van der Waals surface area contributed by atoms with Crippen molar-refractivity contribution in [3.63, 3.8) is 0 Å². The third kappa shape index (κ3) is 2.09. The molecule has 0 unspecified atom stereocenters. The summed E-state index contributed by atoms with van der Waals surface area (Å²) in [7, 11) is 0. The van der Waals surface area contributed by atoms with Crippen LogP contribution in [0.2, 0.25) is 0 Å². The van der Waals surface area contributed by atoms with Crippen LogP contribution < -0.4 is 5.73 Å². The van der Waals surface area contributed by atoms with E-state index >= 15 is 0 Å². The van der Waals surface area contributed by atoms with Crippen LogP contribution in [-0.2, 0) is 6.42 Å². The molecule has 1 spiro atoms. The normalized spacial score (nSPS) is 31.5. The van der Waals surface area contributed by atoms with E-state index in [0.717, 1.165) is 0 Å². The minimum Gasteiger partial charge on any atom is -0.328 e. The summed E-state index contributed by atoms with van der Waals surface area (Å²) in [6, 6.07) is 6.96. The number of benzene rings is 1. The molecule has 0 saturated heterocycles. The minimum atomic E-state index is 0.393. The lowest BCUT2D eigenvalue weighted by molar-refractivity contribution is 0.235. The van der Waals surface area contributed by atoms with Crippen LogP contribution >= 0.6 is 15.9 Å². The number of rotatable bonds is 0. The second-order valence-corrected chi connectivity index (χ2v) is 6.38. The van der Waals surface area contributed by atoms with Crippen LogP contribution in [0.25, 0.3) is 6.08 Å². The van der Waals surface area contributed by atoms with Crippen LogP contribution in [0.4, 0.5) is 0 Å². The molecule has 2 aliphatic rings. The van der Waals surface area contributed by atoms with E-state index in [1.54, 1.807) is 0 Å². The zero-order valence-corrected chi connectivity index (χ0v) is 11.5. The minimum absolute atomic E-state index is 0.393. The summed E-state index contributed by atoms with van der Waals surface area (Å²) in [5.74, 6) is 0. The van der Waals surface area contributed by atoms with Gasteiger partial charge in [-0.2, -0.15) is 0 Å². The van der Waals surface area contributed by atoms with Gasteiger partial charge in [0.1, 0.15) is 0 Å². The second kappa shape index (κ2) is 4.25. The molecule has 0 radical (unpaired) electrons. The van der Waals surface area contributed by atoms with Crippen molar-refractivity contribution >= 4 is 22.0 Å². The number of nitrogens with two attached hydrogens (primary N) is 1. The second-order valence-electron chi connectivity index (χ2n) is 5.52. The molecular weight excluding hydrogens is 274 g/mol. The molecule has 2 N–H and O–H groups in total. The highest BCUT2D eigenvalue weighted by Gasteiger charge is 2.34.